The number of hydrogen-bond donors (Lipinski definition) is 0. The van der Waals surface area contributed by atoms with Crippen LogP contribution in [0.15, 0.2) is 12.3 Å². The van der Waals surface area contributed by atoms with Crippen LogP contribution < -0.4 is 0 Å². The smallest absolute Gasteiger partial charge is 0.270 e. The van der Waals surface area contributed by atoms with Gasteiger partial charge in [0.1, 0.15) is 5.69 Å². The van der Waals surface area contributed by atoms with Gasteiger partial charge in [-0.2, -0.15) is 0 Å². The molecule has 1 aliphatic heterocycles. The van der Waals surface area contributed by atoms with Crippen LogP contribution in [0, 0.1) is 9.49 Å². The summed E-state index contributed by atoms with van der Waals surface area (Å²) in [5, 5.41) is 0. The molecule has 0 spiro atoms. The zero-order chi connectivity index (χ0) is 12.4. The van der Waals surface area contributed by atoms with Crippen molar-refractivity contribution in [1.82, 2.24) is 9.47 Å². The van der Waals surface area contributed by atoms with Crippen LogP contribution in [-0.2, 0) is 6.54 Å². The van der Waals surface area contributed by atoms with Crippen LogP contribution in [0.1, 0.15) is 37.2 Å². The fourth-order valence-electron chi connectivity index (χ4n) is 2.29. The molecule has 2 rings (SSSR count). The Morgan fingerprint density at radius 3 is 2.71 bits per heavy atom. The fourth-order valence-corrected chi connectivity index (χ4v) is 2.92. The van der Waals surface area contributed by atoms with Crippen molar-refractivity contribution in [3.63, 3.8) is 0 Å². The third-order valence-electron chi connectivity index (χ3n) is 3.49. The van der Waals surface area contributed by atoms with Gasteiger partial charge in [-0.15, -0.1) is 0 Å². The number of amides is 1. The summed E-state index contributed by atoms with van der Waals surface area (Å²) in [6, 6.07) is 1.99. The zero-order valence-corrected chi connectivity index (χ0v) is 12.6. The molecule has 1 saturated heterocycles. The van der Waals surface area contributed by atoms with Crippen molar-refractivity contribution in [2.75, 3.05) is 13.1 Å². The van der Waals surface area contributed by atoms with Crippen LogP contribution in [0.25, 0.3) is 0 Å². The van der Waals surface area contributed by atoms with Gasteiger partial charge in [0, 0.05) is 29.4 Å². The molecule has 94 valence electrons. The van der Waals surface area contributed by atoms with E-state index >= 15 is 0 Å². The Morgan fingerprint density at radius 2 is 2.12 bits per heavy atom. The SMILES string of the molecule is CCn1cc(I)cc1C(=O)N1CCC(C)CC1. The second-order valence-electron chi connectivity index (χ2n) is 4.80. The van der Waals surface area contributed by atoms with Gasteiger partial charge in [0.25, 0.3) is 5.91 Å². The number of halogens is 1. The molecule has 0 atom stereocenters. The van der Waals surface area contributed by atoms with Crippen molar-refractivity contribution >= 4 is 28.5 Å². The van der Waals surface area contributed by atoms with Crippen molar-refractivity contribution in [3.8, 4) is 0 Å². The van der Waals surface area contributed by atoms with Crippen LogP contribution >= 0.6 is 22.6 Å². The summed E-state index contributed by atoms with van der Waals surface area (Å²) in [5.74, 6) is 0.957. The topological polar surface area (TPSA) is 25.2 Å². The lowest BCUT2D eigenvalue weighted by Gasteiger charge is -2.30. The average molecular weight is 346 g/mol. The van der Waals surface area contributed by atoms with Gasteiger partial charge >= 0.3 is 0 Å². The minimum Gasteiger partial charge on any atom is -0.343 e. The Kier molecular flexibility index (Phi) is 4.12. The Bertz CT molecular complexity index is 406. The number of carbonyl (C=O) groups is 1. The summed E-state index contributed by atoms with van der Waals surface area (Å²) < 4.78 is 3.18. The predicted octanol–water partition coefficient (Wildman–Crippen LogP) is 2.98. The van der Waals surface area contributed by atoms with E-state index in [1.54, 1.807) is 0 Å². The van der Waals surface area contributed by atoms with E-state index < -0.39 is 0 Å². The summed E-state index contributed by atoms with van der Waals surface area (Å²) in [5.41, 5.74) is 0.839. The van der Waals surface area contributed by atoms with E-state index in [0.717, 1.165) is 47.7 Å². The molecule has 1 fully saturated rings. The molecule has 1 aliphatic rings. The van der Waals surface area contributed by atoms with E-state index in [1.165, 1.54) is 0 Å². The highest BCUT2D eigenvalue weighted by atomic mass is 127. The van der Waals surface area contributed by atoms with Crippen molar-refractivity contribution in [3.05, 3.63) is 21.5 Å². The maximum Gasteiger partial charge on any atom is 0.270 e. The minimum absolute atomic E-state index is 0.196. The quantitative estimate of drug-likeness (QED) is 0.756. The Hall–Kier alpha value is -0.520. The van der Waals surface area contributed by atoms with Gasteiger partial charge in [-0.05, 0) is 54.3 Å². The number of piperidine rings is 1. The highest BCUT2D eigenvalue weighted by Gasteiger charge is 2.23. The van der Waals surface area contributed by atoms with Crippen LogP contribution in [0.2, 0.25) is 0 Å². The average Bonchev–Trinajstić information content (AvgIpc) is 2.70. The summed E-state index contributed by atoms with van der Waals surface area (Å²) >= 11 is 2.27. The number of nitrogens with zero attached hydrogens (tertiary/aromatic N) is 2. The molecule has 2 heterocycles. The molecule has 0 unspecified atom stereocenters. The molecule has 1 aromatic rings. The highest BCUT2D eigenvalue weighted by Crippen LogP contribution is 2.19. The van der Waals surface area contributed by atoms with Gasteiger partial charge < -0.3 is 9.47 Å². The molecule has 0 N–H and O–H groups in total. The molecular formula is C13H19IN2O. The molecule has 0 aromatic carbocycles. The normalized spacial score (nSPS) is 17.5. The molecule has 1 aromatic heterocycles. The number of likely N-dealkylation sites (tertiary alicyclic amines) is 1. The van der Waals surface area contributed by atoms with Crippen LogP contribution in [-0.4, -0.2) is 28.5 Å². The lowest BCUT2D eigenvalue weighted by molar-refractivity contribution is 0.0686. The number of carbonyl (C=O) groups excluding carboxylic acids is 1. The first kappa shape index (κ1) is 12.9. The molecule has 4 heteroatoms. The van der Waals surface area contributed by atoms with E-state index in [0.29, 0.717) is 0 Å². The standard InChI is InChI=1S/C13H19IN2O/c1-3-15-9-11(14)8-12(15)13(17)16-6-4-10(2)5-7-16/h8-10H,3-7H2,1-2H3. The second-order valence-corrected chi connectivity index (χ2v) is 6.05. The fraction of sp³-hybridized carbons (Fsp3) is 0.615. The van der Waals surface area contributed by atoms with Gasteiger partial charge in [-0.25, -0.2) is 0 Å². The van der Waals surface area contributed by atoms with Crippen molar-refractivity contribution in [2.24, 2.45) is 5.92 Å². The number of rotatable bonds is 2. The maximum absolute atomic E-state index is 12.4. The Balaban J connectivity index is 2.13. The van der Waals surface area contributed by atoms with Gasteiger partial charge in [0.05, 0.1) is 0 Å². The first-order valence-electron chi connectivity index (χ1n) is 6.26. The van der Waals surface area contributed by atoms with Gasteiger partial charge in [-0.3, -0.25) is 4.79 Å². The molecule has 17 heavy (non-hydrogen) atoms. The predicted molar refractivity (Wildman–Crippen MR) is 77.1 cm³/mol. The number of aryl methyl sites for hydroxylation is 1. The van der Waals surface area contributed by atoms with Crippen LogP contribution in [0.5, 0.6) is 0 Å². The zero-order valence-electron chi connectivity index (χ0n) is 10.4. The Morgan fingerprint density at radius 1 is 1.47 bits per heavy atom. The first-order chi connectivity index (χ1) is 8.11. The molecule has 1 amide bonds. The van der Waals surface area contributed by atoms with Crippen LogP contribution in [0.3, 0.4) is 0 Å². The van der Waals surface area contributed by atoms with E-state index in [4.69, 9.17) is 0 Å². The lowest BCUT2D eigenvalue weighted by Crippen LogP contribution is -2.38. The third kappa shape index (κ3) is 2.84. The van der Waals surface area contributed by atoms with E-state index in [2.05, 4.69) is 36.4 Å². The lowest BCUT2D eigenvalue weighted by atomic mass is 9.99. The summed E-state index contributed by atoms with van der Waals surface area (Å²) in [6.07, 6.45) is 4.31. The monoisotopic (exact) mass is 346 g/mol. The largest absolute Gasteiger partial charge is 0.343 e. The highest BCUT2D eigenvalue weighted by molar-refractivity contribution is 14.1. The minimum atomic E-state index is 0.196. The van der Waals surface area contributed by atoms with Gasteiger partial charge in [0.2, 0.25) is 0 Å². The molecule has 0 bridgehead atoms. The van der Waals surface area contributed by atoms with Gasteiger partial charge in [0.15, 0.2) is 0 Å². The second kappa shape index (κ2) is 5.42. The molecule has 3 nitrogen and oxygen atoms in total. The first-order valence-corrected chi connectivity index (χ1v) is 7.34. The van der Waals surface area contributed by atoms with Crippen molar-refractivity contribution in [2.45, 2.75) is 33.2 Å². The summed E-state index contributed by atoms with van der Waals surface area (Å²) in [7, 11) is 0. The van der Waals surface area contributed by atoms with Crippen molar-refractivity contribution < 1.29 is 4.79 Å². The van der Waals surface area contributed by atoms with E-state index in [-0.39, 0.29) is 5.91 Å². The summed E-state index contributed by atoms with van der Waals surface area (Å²) in [4.78, 5) is 14.4. The molecule has 0 aliphatic carbocycles. The Labute approximate surface area is 116 Å². The van der Waals surface area contributed by atoms with E-state index in [9.17, 15) is 4.79 Å². The number of hydrogen-bond acceptors (Lipinski definition) is 1. The maximum atomic E-state index is 12.4. The molecular weight excluding hydrogens is 327 g/mol. The van der Waals surface area contributed by atoms with Crippen LogP contribution in [0.4, 0.5) is 0 Å². The summed E-state index contributed by atoms with van der Waals surface area (Å²) in [6.45, 7) is 7.01. The van der Waals surface area contributed by atoms with Gasteiger partial charge in [-0.1, -0.05) is 6.92 Å². The molecule has 0 radical (unpaired) electrons. The van der Waals surface area contributed by atoms with E-state index in [1.807, 2.05) is 21.7 Å². The third-order valence-corrected chi connectivity index (χ3v) is 4.08. The van der Waals surface area contributed by atoms with Crippen molar-refractivity contribution in [1.29, 1.82) is 0 Å². The number of aromatic nitrogens is 1. The molecule has 0 saturated carbocycles.